The Morgan fingerprint density at radius 2 is 1.97 bits per heavy atom. The number of quaternary nitrogens is 1. The first kappa shape index (κ1) is 18.9. The van der Waals surface area contributed by atoms with Gasteiger partial charge in [0.1, 0.15) is 24.3 Å². The van der Waals surface area contributed by atoms with Crippen LogP contribution < -0.4 is 10.6 Å². The molecule has 3 N–H and O–H groups in total. The highest BCUT2D eigenvalue weighted by atomic mass is 16.5. The summed E-state index contributed by atoms with van der Waals surface area (Å²) in [6.45, 7) is 2.36. The van der Waals surface area contributed by atoms with Crippen molar-refractivity contribution in [2.45, 2.75) is 32.0 Å². The van der Waals surface area contributed by atoms with E-state index < -0.39 is 5.60 Å². The van der Waals surface area contributed by atoms with Crippen molar-refractivity contribution >= 4 is 12.1 Å². The van der Waals surface area contributed by atoms with E-state index in [0.29, 0.717) is 19.4 Å². The normalized spacial score (nSPS) is 29.4. The molecule has 1 saturated carbocycles. The maximum absolute atomic E-state index is 10.2. The number of hydrogen-bond acceptors (Lipinski definition) is 5. The number of hydrogen-bond donors (Lipinski definition) is 2. The van der Waals surface area contributed by atoms with Gasteiger partial charge in [-0.05, 0) is 43.5 Å². The molecule has 0 spiro atoms. The average molecular weight is 401 g/mol. The molecule has 0 radical (unpaired) electrons. The average Bonchev–Trinajstić information content (AvgIpc) is 3.04. The van der Waals surface area contributed by atoms with Crippen LogP contribution in [-0.2, 0) is 6.61 Å². The number of benzene rings is 2. The first-order valence-corrected chi connectivity index (χ1v) is 10.2. The molecule has 152 valence electrons. The maximum atomic E-state index is 10.2. The van der Waals surface area contributed by atoms with Crippen LogP contribution in [0.25, 0.3) is 0 Å². The summed E-state index contributed by atoms with van der Waals surface area (Å²) in [6, 6.07) is 17.9. The van der Waals surface area contributed by atoms with E-state index >= 15 is 0 Å². The van der Waals surface area contributed by atoms with Gasteiger partial charge in [-0.1, -0.05) is 36.4 Å². The van der Waals surface area contributed by atoms with E-state index in [0.717, 1.165) is 34.1 Å². The number of allylic oxidation sites excluding steroid dienone is 2. The smallest absolute Gasteiger partial charge is 0.265 e. The number of ether oxygens (including phenoxy) is 1. The number of nitrogens with zero attached hydrogens (tertiary/aromatic N) is 3. The lowest BCUT2D eigenvalue weighted by atomic mass is 9.70. The Morgan fingerprint density at radius 1 is 1.17 bits per heavy atom. The summed E-state index contributed by atoms with van der Waals surface area (Å²) in [5.41, 5.74) is 3.17. The molecule has 1 aliphatic carbocycles. The van der Waals surface area contributed by atoms with Crippen LogP contribution >= 0.6 is 0 Å². The third-order valence-electron chi connectivity index (χ3n) is 5.92. The van der Waals surface area contributed by atoms with Crippen LogP contribution in [0.2, 0.25) is 0 Å². The first-order chi connectivity index (χ1) is 14.4. The zero-order chi connectivity index (χ0) is 20.8. The Morgan fingerprint density at radius 3 is 2.73 bits per heavy atom. The lowest BCUT2D eigenvalue weighted by Gasteiger charge is -2.40. The van der Waals surface area contributed by atoms with Crippen molar-refractivity contribution in [1.82, 2.24) is 0 Å². The Hall–Kier alpha value is -3.06. The van der Waals surface area contributed by atoms with Crippen molar-refractivity contribution in [1.29, 1.82) is 0 Å². The van der Waals surface area contributed by atoms with Crippen molar-refractivity contribution in [3.63, 3.8) is 0 Å². The van der Waals surface area contributed by atoms with Gasteiger partial charge in [0.2, 0.25) is 5.70 Å². The van der Waals surface area contributed by atoms with E-state index in [1.54, 1.807) is 12.4 Å². The van der Waals surface area contributed by atoms with E-state index in [4.69, 9.17) is 15.6 Å². The fraction of sp³-hybridized carbons (Fsp3) is 0.250. The number of nitrogens with two attached hydrogens (primary N) is 1. The molecular formula is C24H25N4O2+. The molecule has 0 aromatic heterocycles. The van der Waals surface area contributed by atoms with Gasteiger partial charge in [-0.3, -0.25) is 4.99 Å². The topological polar surface area (TPSA) is 80.2 Å². The Bertz CT molecular complexity index is 1090. The highest BCUT2D eigenvalue weighted by Crippen LogP contribution is 2.46. The van der Waals surface area contributed by atoms with Gasteiger partial charge >= 0.3 is 0 Å². The van der Waals surface area contributed by atoms with Crippen molar-refractivity contribution in [3.05, 3.63) is 89.5 Å². The highest BCUT2D eigenvalue weighted by Gasteiger charge is 2.50. The molecule has 6 heteroatoms. The number of amidine groups is 1. The van der Waals surface area contributed by atoms with E-state index in [2.05, 4.69) is 4.99 Å². The van der Waals surface area contributed by atoms with Crippen LogP contribution in [-0.4, -0.2) is 27.3 Å². The van der Waals surface area contributed by atoms with Crippen LogP contribution in [0, 0.1) is 5.92 Å². The number of fused-ring (bicyclic) bond motifs is 1. The SMILES string of the molecule is CC1(O)CC(C2=C3C=NC=C[N+]3(N)C(c3cccc(OCc4ccccc4)c3)=N2)C1. The van der Waals surface area contributed by atoms with Crippen molar-refractivity contribution in [2.75, 3.05) is 0 Å². The molecule has 1 atom stereocenters. The summed E-state index contributed by atoms with van der Waals surface area (Å²) < 4.78 is 5.99. The molecule has 5 rings (SSSR count). The minimum atomic E-state index is -0.631. The van der Waals surface area contributed by atoms with Crippen LogP contribution in [0.1, 0.15) is 30.9 Å². The molecule has 2 aromatic carbocycles. The highest BCUT2D eigenvalue weighted by molar-refractivity contribution is 6.00. The van der Waals surface area contributed by atoms with E-state index in [-0.39, 0.29) is 10.5 Å². The lowest BCUT2D eigenvalue weighted by molar-refractivity contribution is -0.750. The predicted molar refractivity (Wildman–Crippen MR) is 116 cm³/mol. The Labute approximate surface area is 175 Å². The van der Waals surface area contributed by atoms with E-state index in [1.807, 2.05) is 67.7 Å². The summed E-state index contributed by atoms with van der Waals surface area (Å²) in [5, 5.41) is 10.2. The molecule has 2 aromatic rings. The van der Waals surface area contributed by atoms with E-state index in [1.165, 1.54) is 0 Å². The van der Waals surface area contributed by atoms with E-state index in [9.17, 15) is 5.11 Å². The fourth-order valence-corrected chi connectivity index (χ4v) is 4.37. The summed E-state index contributed by atoms with van der Waals surface area (Å²) in [6.07, 6.45) is 6.69. The van der Waals surface area contributed by atoms with Gasteiger partial charge < -0.3 is 9.84 Å². The van der Waals surface area contributed by atoms with Gasteiger partial charge in [-0.25, -0.2) is 0 Å². The zero-order valence-corrected chi connectivity index (χ0v) is 16.9. The van der Waals surface area contributed by atoms with Crippen LogP contribution in [0.15, 0.2) is 88.4 Å². The third-order valence-corrected chi connectivity index (χ3v) is 5.92. The second kappa shape index (κ2) is 7.02. The van der Waals surface area contributed by atoms with Crippen LogP contribution in [0.4, 0.5) is 0 Å². The minimum Gasteiger partial charge on any atom is -0.489 e. The van der Waals surface area contributed by atoms with Gasteiger partial charge in [-0.2, -0.15) is 10.8 Å². The second-order valence-corrected chi connectivity index (χ2v) is 8.46. The molecule has 3 aliphatic rings. The summed E-state index contributed by atoms with van der Waals surface area (Å²) in [7, 11) is 0. The Balaban J connectivity index is 1.44. The van der Waals surface area contributed by atoms with Gasteiger partial charge in [-0.15, -0.1) is 4.59 Å². The number of rotatable bonds is 5. The number of aliphatic imine (C=N–C) groups is 2. The van der Waals surface area contributed by atoms with Gasteiger partial charge in [0.25, 0.3) is 5.84 Å². The molecule has 6 nitrogen and oxygen atoms in total. The zero-order valence-electron chi connectivity index (χ0n) is 16.9. The van der Waals surface area contributed by atoms with Crippen molar-refractivity contribution < 1.29 is 14.4 Å². The second-order valence-electron chi connectivity index (χ2n) is 8.46. The van der Waals surface area contributed by atoms with Crippen LogP contribution in [0.3, 0.4) is 0 Å². The van der Waals surface area contributed by atoms with Gasteiger partial charge in [0, 0.05) is 5.92 Å². The molecular weight excluding hydrogens is 376 g/mol. The third kappa shape index (κ3) is 3.29. The Kier molecular flexibility index (Phi) is 4.43. The molecule has 1 fully saturated rings. The van der Waals surface area contributed by atoms with Crippen molar-refractivity contribution in [3.8, 4) is 5.75 Å². The molecule has 0 saturated heterocycles. The summed E-state index contributed by atoms with van der Waals surface area (Å²) in [4.78, 5) is 9.24. The monoisotopic (exact) mass is 401 g/mol. The summed E-state index contributed by atoms with van der Waals surface area (Å²) >= 11 is 0. The molecule has 2 heterocycles. The summed E-state index contributed by atoms with van der Waals surface area (Å²) in [5.74, 6) is 8.48. The fourth-order valence-electron chi connectivity index (χ4n) is 4.37. The quantitative estimate of drug-likeness (QED) is 0.593. The molecule has 2 aliphatic heterocycles. The van der Waals surface area contributed by atoms with Gasteiger partial charge in [0.05, 0.1) is 23.6 Å². The largest absolute Gasteiger partial charge is 0.489 e. The molecule has 0 amide bonds. The van der Waals surface area contributed by atoms with Gasteiger partial charge in [0.15, 0.2) is 0 Å². The first-order valence-electron chi connectivity index (χ1n) is 10.2. The standard InChI is InChI=1S/C24H25N4O2/c1-24(29)13-19(14-24)22-21-15-26-10-11-28(21,25)23(27-22)18-8-5-9-20(12-18)30-16-17-6-3-2-4-7-17/h2-12,15,19,29H,13-14,16,25H2,1H3/q+1. The number of aliphatic hydroxyl groups is 1. The molecule has 0 bridgehead atoms. The molecule has 30 heavy (non-hydrogen) atoms. The lowest BCUT2D eigenvalue weighted by Crippen LogP contribution is -2.53. The maximum Gasteiger partial charge on any atom is 0.265 e. The molecule has 1 unspecified atom stereocenters. The minimum absolute atomic E-state index is 0.0143. The van der Waals surface area contributed by atoms with Crippen LogP contribution in [0.5, 0.6) is 5.75 Å². The van der Waals surface area contributed by atoms with Crippen molar-refractivity contribution in [2.24, 2.45) is 21.7 Å². The predicted octanol–water partition coefficient (Wildman–Crippen LogP) is 3.64.